The molecule has 2 rings (SSSR count). The lowest BCUT2D eigenvalue weighted by Crippen LogP contribution is -2.36. The smallest absolute Gasteiger partial charge is 0.325 e. The molecule has 2 amide bonds. The van der Waals surface area contributed by atoms with Crippen LogP contribution < -0.4 is 16.6 Å². The van der Waals surface area contributed by atoms with Gasteiger partial charge < -0.3 is 15.2 Å². The van der Waals surface area contributed by atoms with Gasteiger partial charge in [0.05, 0.1) is 6.42 Å². The van der Waals surface area contributed by atoms with E-state index in [0.29, 0.717) is 19.6 Å². The minimum atomic E-state index is -0.636. The summed E-state index contributed by atoms with van der Waals surface area (Å²) >= 11 is 0. The Morgan fingerprint density at radius 2 is 2.00 bits per heavy atom. The van der Waals surface area contributed by atoms with Crippen LogP contribution in [0.5, 0.6) is 0 Å². The average molecular weight is 266 g/mol. The van der Waals surface area contributed by atoms with E-state index >= 15 is 0 Å². The SMILES string of the molecule is O=C1CCN(C(=O)Cc2cc(=O)[nH]c(=O)[nH]2)CCN1. The Kier molecular flexibility index (Phi) is 3.79. The van der Waals surface area contributed by atoms with E-state index < -0.39 is 11.2 Å². The molecule has 19 heavy (non-hydrogen) atoms. The highest BCUT2D eigenvalue weighted by molar-refractivity contribution is 5.81. The topological polar surface area (TPSA) is 115 Å². The quantitative estimate of drug-likeness (QED) is 0.571. The van der Waals surface area contributed by atoms with Crippen molar-refractivity contribution in [2.75, 3.05) is 19.6 Å². The molecule has 0 spiro atoms. The van der Waals surface area contributed by atoms with E-state index in [1.54, 1.807) is 0 Å². The molecule has 1 aromatic heterocycles. The van der Waals surface area contributed by atoms with Crippen molar-refractivity contribution in [3.8, 4) is 0 Å². The van der Waals surface area contributed by atoms with Crippen LogP contribution in [0, 0.1) is 0 Å². The fourth-order valence-electron chi connectivity index (χ4n) is 1.91. The first-order valence-corrected chi connectivity index (χ1v) is 5.91. The van der Waals surface area contributed by atoms with E-state index in [1.165, 1.54) is 11.0 Å². The van der Waals surface area contributed by atoms with Gasteiger partial charge in [0, 0.05) is 37.8 Å². The molecule has 102 valence electrons. The summed E-state index contributed by atoms with van der Waals surface area (Å²) in [7, 11) is 0. The lowest BCUT2D eigenvalue weighted by Gasteiger charge is -2.19. The monoisotopic (exact) mass is 266 g/mol. The summed E-state index contributed by atoms with van der Waals surface area (Å²) in [6, 6.07) is 1.18. The number of H-pyrrole nitrogens is 2. The van der Waals surface area contributed by atoms with Crippen LogP contribution in [0.25, 0.3) is 0 Å². The van der Waals surface area contributed by atoms with E-state index in [0.717, 1.165) is 0 Å². The Hall–Kier alpha value is -2.38. The molecule has 8 nitrogen and oxygen atoms in total. The molecule has 1 aliphatic heterocycles. The third kappa shape index (κ3) is 3.54. The number of rotatable bonds is 2. The predicted octanol–water partition coefficient (Wildman–Crippen LogP) is -2.05. The van der Waals surface area contributed by atoms with E-state index in [-0.39, 0.29) is 30.3 Å². The number of amides is 2. The third-order valence-corrected chi connectivity index (χ3v) is 2.82. The Balaban J connectivity index is 2.06. The number of carbonyl (C=O) groups is 2. The number of aromatic nitrogens is 2. The van der Waals surface area contributed by atoms with Crippen molar-refractivity contribution in [2.24, 2.45) is 0 Å². The number of hydrogen-bond donors (Lipinski definition) is 3. The Morgan fingerprint density at radius 3 is 2.74 bits per heavy atom. The second kappa shape index (κ2) is 5.51. The number of carbonyl (C=O) groups excluding carboxylic acids is 2. The molecule has 3 N–H and O–H groups in total. The van der Waals surface area contributed by atoms with Crippen LogP contribution in [-0.4, -0.2) is 46.3 Å². The molecule has 8 heteroatoms. The first kappa shape index (κ1) is 13.1. The summed E-state index contributed by atoms with van der Waals surface area (Å²) < 4.78 is 0. The maximum absolute atomic E-state index is 12.0. The van der Waals surface area contributed by atoms with Crippen molar-refractivity contribution in [3.63, 3.8) is 0 Å². The van der Waals surface area contributed by atoms with Gasteiger partial charge in [0.2, 0.25) is 11.8 Å². The standard InChI is InChI=1S/C11H14N4O4/c16-8-1-3-15(4-2-12-8)10(18)6-7-5-9(17)14-11(19)13-7/h5H,1-4,6H2,(H,12,16)(H2,13,14,17,19). The van der Waals surface area contributed by atoms with Crippen LogP contribution in [0.15, 0.2) is 15.7 Å². The van der Waals surface area contributed by atoms with Crippen molar-refractivity contribution in [1.29, 1.82) is 0 Å². The molecule has 2 heterocycles. The molecule has 1 aliphatic rings. The second-order valence-electron chi connectivity index (χ2n) is 4.27. The highest BCUT2D eigenvalue weighted by atomic mass is 16.2. The zero-order chi connectivity index (χ0) is 13.8. The summed E-state index contributed by atoms with van der Waals surface area (Å²) in [6.45, 7) is 1.19. The largest absolute Gasteiger partial charge is 0.354 e. The van der Waals surface area contributed by atoms with E-state index in [9.17, 15) is 19.2 Å². The van der Waals surface area contributed by atoms with Crippen LogP contribution in [0.1, 0.15) is 12.1 Å². The van der Waals surface area contributed by atoms with Crippen LogP contribution in [0.4, 0.5) is 0 Å². The normalized spacial score (nSPS) is 15.8. The first-order valence-electron chi connectivity index (χ1n) is 5.91. The fraction of sp³-hybridized carbons (Fsp3) is 0.455. The molecule has 0 radical (unpaired) electrons. The minimum absolute atomic E-state index is 0.0622. The zero-order valence-corrected chi connectivity index (χ0v) is 10.2. The molecule has 0 atom stereocenters. The van der Waals surface area contributed by atoms with Gasteiger partial charge in [0.15, 0.2) is 0 Å². The summed E-state index contributed by atoms with van der Waals surface area (Å²) in [5.41, 5.74) is -0.912. The van der Waals surface area contributed by atoms with Gasteiger partial charge in [-0.15, -0.1) is 0 Å². The lowest BCUT2D eigenvalue weighted by molar-refractivity contribution is -0.130. The predicted molar refractivity (Wildman–Crippen MR) is 65.6 cm³/mol. The van der Waals surface area contributed by atoms with Gasteiger partial charge in [-0.05, 0) is 0 Å². The van der Waals surface area contributed by atoms with Crippen molar-refractivity contribution < 1.29 is 9.59 Å². The van der Waals surface area contributed by atoms with E-state index in [4.69, 9.17) is 0 Å². The number of nitrogens with one attached hydrogen (secondary N) is 3. The van der Waals surface area contributed by atoms with Crippen molar-refractivity contribution in [1.82, 2.24) is 20.2 Å². The van der Waals surface area contributed by atoms with Gasteiger partial charge in [0.1, 0.15) is 0 Å². The lowest BCUT2D eigenvalue weighted by atomic mass is 10.2. The maximum atomic E-state index is 12.0. The Labute approximate surface area is 107 Å². The number of hydrogen-bond acceptors (Lipinski definition) is 4. The summed E-state index contributed by atoms with van der Waals surface area (Å²) in [4.78, 5) is 51.3. The molecule has 0 saturated carbocycles. The van der Waals surface area contributed by atoms with Gasteiger partial charge in [-0.25, -0.2) is 4.79 Å². The highest BCUT2D eigenvalue weighted by Gasteiger charge is 2.18. The summed E-state index contributed by atoms with van der Waals surface area (Å²) in [6.07, 6.45) is 0.199. The van der Waals surface area contributed by atoms with Crippen LogP contribution in [-0.2, 0) is 16.0 Å². The molecule has 1 aromatic rings. The molecule has 0 unspecified atom stereocenters. The van der Waals surface area contributed by atoms with Gasteiger partial charge in [-0.2, -0.15) is 0 Å². The fourth-order valence-corrected chi connectivity index (χ4v) is 1.91. The van der Waals surface area contributed by atoms with Crippen LogP contribution in [0.3, 0.4) is 0 Å². The van der Waals surface area contributed by atoms with E-state index in [1.807, 2.05) is 4.98 Å². The molecular weight excluding hydrogens is 252 g/mol. The van der Waals surface area contributed by atoms with Crippen LogP contribution >= 0.6 is 0 Å². The highest BCUT2D eigenvalue weighted by Crippen LogP contribution is 2.01. The zero-order valence-electron chi connectivity index (χ0n) is 10.2. The molecular formula is C11H14N4O4. The Morgan fingerprint density at radius 1 is 1.21 bits per heavy atom. The minimum Gasteiger partial charge on any atom is -0.354 e. The maximum Gasteiger partial charge on any atom is 0.325 e. The van der Waals surface area contributed by atoms with Gasteiger partial charge in [-0.3, -0.25) is 19.4 Å². The molecule has 0 bridgehead atoms. The molecule has 1 saturated heterocycles. The van der Waals surface area contributed by atoms with Crippen molar-refractivity contribution in [3.05, 3.63) is 32.6 Å². The van der Waals surface area contributed by atoms with Crippen molar-refractivity contribution in [2.45, 2.75) is 12.8 Å². The summed E-state index contributed by atoms with van der Waals surface area (Å²) in [5.74, 6) is -0.308. The molecule has 1 fully saturated rings. The molecule has 0 aliphatic carbocycles. The third-order valence-electron chi connectivity index (χ3n) is 2.82. The molecule has 0 aromatic carbocycles. The first-order chi connectivity index (χ1) is 9.04. The average Bonchev–Trinajstić information content (AvgIpc) is 2.52. The van der Waals surface area contributed by atoms with Crippen molar-refractivity contribution >= 4 is 11.8 Å². The second-order valence-corrected chi connectivity index (χ2v) is 4.27. The Bertz CT molecular complexity index is 575. The van der Waals surface area contributed by atoms with Gasteiger partial charge in [0.25, 0.3) is 5.56 Å². The van der Waals surface area contributed by atoms with Gasteiger partial charge in [-0.1, -0.05) is 0 Å². The number of nitrogens with zero attached hydrogens (tertiary/aromatic N) is 1. The van der Waals surface area contributed by atoms with E-state index in [2.05, 4.69) is 10.3 Å². The van der Waals surface area contributed by atoms with Gasteiger partial charge >= 0.3 is 5.69 Å². The summed E-state index contributed by atoms with van der Waals surface area (Å²) in [5, 5.41) is 2.67. The van der Waals surface area contributed by atoms with Crippen LogP contribution in [0.2, 0.25) is 0 Å². The number of aromatic amines is 2.